The lowest BCUT2D eigenvalue weighted by atomic mass is 9.97. The van der Waals surface area contributed by atoms with Crippen molar-refractivity contribution in [2.24, 2.45) is 0 Å². The fraction of sp³-hybridized carbons (Fsp3) is 0.389. The van der Waals surface area contributed by atoms with E-state index in [2.05, 4.69) is 10.3 Å². The number of nitrogens with one attached hydrogen (secondary N) is 1. The molecule has 7 nitrogen and oxygen atoms in total. The quantitative estimate of drug-likeness (QED) is 0.777. The molecule has 8 heteroatoms. The lowest BCUT2D eigenvalue weighted by molar-refractivity contribution is -0.162. The van der Waals surface area contributed by atoms with Crippen molar-refractivity contribution in [3.05, 3.63) is 53.6 Å². The number of rotatable bonds is 6. The number of benzene rings is 1. The van der Waals surface area contributed by atoms with Gasteiger partial charge in [0.25, 0.3) is 5.91 Å². The minimum atomic E-state index is -0.757. The number of hydrogen-bond donors (Lipinski definition) is 1. The first-order valence-corrected chi connectivity index (χ1v) is 8.80. The van der Waals surface area contributed by atoms with Crippen LogP contribution in [-0.4, -0.2) is 52.6 Å². The van der Waals surface area contributed by atoms with Gasteiger partial charge in [0.1, 0.15) is 6.61 Å². The molecule has 2 heterocycles. The van der Waals surface area contributed by atoms with E-state index < -0.39 is 12.1 Å². The summed E-state index contributed by atoms with van der Waals surface area (Å²) in [4.78, 5) is 30.2. The Hall–Kier alpha value is -2.38. The van der Waals surface area contributed by atoms with E-state index in [4.69, 9.17) is 16.3 Å². The van der Waals surface area contributed by atoms with Gasteiger partial charge in [0, 0.05) is 37.6 Å². The number of amides is 2. The zero-order valence-electron chi connectivity index (χ0n) is 14.5. The third-order valence-corrected chi connectivity index (χ3v) is 4.66. The number of carbonyl (C=O) groups is 2. The van der Waals surface area contributed by atoms with Crippen molar-refractivity contribution in [1.29, 1.82) is 0 Å². The summed E-state index contributed by atoms with van der Waals surface area (Å²) in [5.74, 6) is -0.385. The molecule has 1 aromatic carbocycles. The van der Waals surface area contributed by atoms with E-state index in [1.54, 1.807) is 36.6 Å². The Morgan fingerprint density at radius 1 is 1.38 bits per heavy atom. The maximum atomic E-state index is 12.6. The predicted molar refractivity (Wildman–Crippen MR) is 96.6 cm³/mol. The van der Waals surface area contributed by atoms with Gasteiger partial charge in [0.15, 0.2) is 6.10 Å². The molecular formula is C18H21ClN4O3. The molecular weight excluding hydrogens is 356 g/mol. The van der Waals surface area contributed by atoms with Crippen molar-refractivity contribution in [3.8, 4) is 0 Å². The molecule has 2 aromatic rings. The van der Waals surface area contributed by atoms with Crippen LogP contribution < -0.4 is 5.32 Å². The SMILES string of the molecule is CN1C(=O)CO[C@@H](C(=O)NCCCn2ccnc2)[C@@H]1c1ccc(Cl)cc1. The lowest BCUT2D eigenvalue weighted by Gasteiger charge is -2.38. The normalized spacial score (nSPS) is 20.2. The summed E-state index contributed by atoms with van der Waals surface area (Å²) in [5, 5.41) is 3.50. The van der Waals surface area contributed by atoms with Crippen LogP contribution in [0.2, 0.25) is 5.02 Å². The molecule has 0 aliphatic carbocycles. The largest absolute Gasteiger partial charge is 0.356 e. The van der Waals surface area contributed by atoms with Crippen LogP contribution in [0.3, 0.4) is 0 Å². The molecule has 1 aromatic heterocycles. The monoisotopic (exact) mass is 376 g/mol. The van der Waals surface area contributed by atoms with Crippen molar-refractivity contribution in [2.75, 3.05) is 20.2 Å². The molecule has 1 aliphatic rings. The average molecular weight is 377 g/mol. The topological polar surface area (TPSA) is 76.5 Å². The fourth-order valence-corrected chi connectivity index (χ4v) is 3.11. The highest BCUT2D eigenvalue weighted by Gasteiger charge is 2.39. The maximum absolute atomic E-state index is 12.6. The van der Waals surface area contributed by atoms with Crippen LogP contribution in [0.5, 0.6) is 0 Å². The summed E-state index contributed by atoms with van der Waals surface area (Å²) < 4.78 is 7.52. The molecule has 1 aliphatic heterocycles. The number of likely N-dealkylation sites (N-methyl/N-ethyl adjacent to an activating group) is 1. The number of aryl methyl sites for hydroxylation is 1. The predicted octanol–water partition coefficient (Wildman–Crippen LogP) is 1.64. The van der Waals surface area contributed by atoms with Gasteiger partial charge in [-0.1, -0.05) is 23.7 Å². The first-order valence-electron chi connectivity index (χ1n) is 8.42. The van der Waals surface area contributed by atoms with E-state index in [9.17, 15) is 9.59 Å². The van der Waals surface area contributed by atoms with Gasteiger partial charge in [-0.25, -0.2) is 4.98 Å². The summed E-state index contributed by atoms with van der Waals surface area (Å²) in [6, 6.07) is 6.62. The van der Waals surface area contributed by atoms with Gasteiger partial charge in [0.05, 0.1) is 12.4 Å². The second kappa shape index (κ2) is 8.33. The number of aromatic nitrogens is 2. The van der Waals surface area contributed by atoms with Gasteiger partial charge in [-0.2, -0.15) is 0 Å². The Morgan fingerprint density at radius 3 is 2.85 bits per heavy atom. The van der Waals surface area contributed by atoms with Gasteiger partial charge in [-0.15, -0.1) is 0 Å². The first kappa shape index (κ1) is 18.4. The van der Waals surface area contributed by atoms with E-state index in [0.717, 1.165) is 18.5 Å². The van der Waals surface area contributed by atoms with Crippen LogP contribution in [0.25, 0.3) is 0 Å². The van der Waals surface area contributed by atoms with E-state index in [-0.39, 0.29) is 18.4 Å². The highest BCUT2D eigenvalue weighted by atomic mass is 35.5. The zero-order chi connectivity index (χ0) is 18.5. The number of morpholine rings is 1. The van der Waals surface area contributed by atoms with Crippen molar-refractivity contribution in [3.63, 3.8) is 0 Å². The van der Waals surface area contributed by atoms with Gasteiger partial charge >= 0.3 is 0 Å². The molecule has 1 N–H and O–H groups in total. The Kier molecular flexibility index (Phi) is 5.90. The third kappa shape index (κ3) is 4.23. The van der Waals surface area contributed by atoms with E-state index in [1.165, 1.54) is 0 Å². The summed E-state index contributed by atoms with van der Waals surface area (Å²) in [7, 11) is 1.68. The van der Waals surface area contributed by atoms with Gasteiger partial charge in [0.2, 0.25) is 5.91 Å². The van der Waals surface area contributed by atoms with Crippen LogP contribution in [-0.2, 0) is 20.9 Å². The number of ether oxygens (including phenoxy) is 1. The minimum absolute atomic E-state index is 0.103. The van der Waals surface area contributed by atoms with Crippen molar-refractivity contribution >= 4 is 23.4 Å². The summed E-state index contributed by atoms with van der Waals surface area (Å²) in [6.45, 7) is 1.18. The molecule has 2 atom stereocenters. The van der Waals surface area contributed by atoms with Crippen LogP contribution in [0.4, 0.5) is 0 Å². The van der Waals surface area contributed by atoms with Crippen molar-refractivity contribution < 1.29 is 14.3 Å². The van der Waals surface area contributed by atoms with Gasteiger partial charge in [-0.3, -0.25) is 9.59 Å². The molecule has 0 spiro atoms. The Balaban J connectivity index is 1.63. The smallest absolute Gasteiger partial charge is 0.251 e. The van der Waals surface area contributed by atoms with E-state index in [1.807, 2.05) is 22.9 Å². The number of carbonyl (C=O) groups excluding carboxylic acids is 2. The highest BCUT2D eigenvalue weighted by molar-refractivity contribution is 6.30. The number of halogens is 1. The molecule has 0 saturated carbocycles. The van der Waals surface area contributed by atoms with Crippen molar-refractivity contribution in [2.45, 2.75) is 25.1 Å². The van der Waals surface area contributed by atoms with Gasteiger partial charge < -0.3 is 19.5 Å². The molecule has 2 amide bonds. The Morgan fingerprint density at radius 2 is 2.15 bits per heavy atom. The minimum Gasteiger partial charge on any atom is -0.356 e. The maximum Gasteiger partial charge on any atom is 0.251 e. The number of nitrogens with zero attached hydrogens (tertiary/aromatic N) is 3. The Labute approximate surface area is 156 Å². The van der Waals surface area contributed by atoms with Crippen molar-refractivity contribution in [1.82, 2.24) is 19.8 Å². The first-order chi connectivity index (χ1) is 12.6. The molecule has 0 bridgehead atoms. The summed E-state index contributed by atoms with van der Waals surface area (Å²) >= 11 is 5.94. The average Bonchev–Trinajstić information content (AvgIpc) is 3.15. The molecule has 1 fully saturated rings. The molecule has 138 valence electrons. The van der Waals surface area contributed by atoms with Crippen LogP contribution in [0.1, 0.15) is 18.0 Å². The van der Waals surface area contributed by atoms with Crippen LogP contribution >= 0.6 is 11.6 Å². The number of hydrogen-bond acceptors (Lipinski definition) is 4. The summed E-state index contributed by atoms with van der Waals surface area (Å²) in [6.07, 6.45) is 5.35. The molecule has 1 saturated heterocycles. The standard InChI is InChI=1S/C18H21ClN4O3/c1-22-15(24)11-26-17(16(22)13-3-5-14(19)6-4-13)18(25)21-7-2-9-23-10-8-20-12-23/h3-6,8,10,12,16-17H,2,7,9,11H2,1H3,(H,21,25)/t16-,17+/m0/s1. The number of imidazole rings is 1. The molecule has 0 radical (unpaired) electrons. The Bertz CT molecular complexity index is 748. The fourth-order valence-electron chi connectivity index (χ4n) is 2.98. The lowest BCUT2D eigenvalue weighted by Crippen LogP contribution is -2.53. The third-order valence-electron chi connectivity index (χ3n) is 4.41. The van der Waals surface area contributed by atoms with E-state index >= 15 is 0 Å². The van der Waals surface area contributed by atoms with Gasteiger partial charge in [-0.05, 0) is 24.1 Å². The molecule has 26 heavy (non-hydrogen) atoms. The zero-order valence-corrected chi connectivity index (χ0v) is 15.2. The second-order valence-electron chi connectivity index (χ2n) is 6.18. The molecule has 3 rings (SSSR count). The van der Waals surface area contributed by atoms with Crippen LogP contribution in [0, 0.1) is 0 Å². The van der Waals surface area contributed by atoms with E-state index in [0.29, 0.717) is 11.6 Å². The molecule has 0 unspecified atom stereocenters. The highest BCUT2D eigenvalue weighted by Crippen LogP contribution is 2.30. The van der Waals surface area contributed by atoms with Crippen LogP contribution in [0.15, 0.2) is 43.0 Å². The summed E-state index contributed by atoms with van der Waals surface area (Å²) in [5.41, 5.74) is 0.809. The second-order valence-corrected chi connectivity index (χ2v) is 6.61.